The molecule has 2 rings (SSSR count). The average Bonchev–Trinajstić information content (AvgIpc) is 2.83. The third kappa shape index (κ3) is 4.08. The number of aromatic nitrogens is 3. The van der Waals surface area contributed by atoms with E-state index in [1.807, 2.05) is 28.9 Å². The zero-order valence-electron chi connectivity index (χ0n) is 12.2. The Balaban J connectivity index is 1.96. The molecule has 20 heavy (non-hydrogen) atoms. The Labute approximate surface area is 124 Å². The van der Waals surface area contributed by atoms with Crippen LogP contribution in [0.2, 0.25) is 0 Å². The second kappa shape index (κ2) is 6.90. The largest absolute Gasteiger partial charge is 0.389 e. The zero-order valence-corrected chi connectivity index (χ0v) is 13.0. The molecule has 0 spiro atoms. The molecule has 5 heteroatoms. The summed E-state index contributed by atoms with van der Waals surface area (Å²) in [7, 11) is 0. The molecule has 1 unspecified atom stereocenters. The number of hydrogen-bond donors (Lipinski definition) is 1. The summed E-state index contributed by atoms with van der Waals surface area (Å²) in [5.41, 5.74) is 0.942. The molecule has 0 amide bonds. The van der Waals surface area contributed by atoms with Crippen LogP contribution in [0.3, 0.4) is 0 Å². The summed E-state index contributed by atoms with van der Waals surface area (Å²) in [4.78, 5) is 5.50. The van der Waals surface area contributed by atoms with Crippen LogP contribution >= 0.6 is 11.8 Å². The normalized spacial score (nSPS) is 12.8. The fraction of sp³-hybridized carbons (Fsp3) is 0.467. The molecule has 0 aliphatic rings. The van der Waals surface area contributed by atoms with E-state index >= 15 is 0 Å². The van der Waals surface area contributed by atoms with Gasteiger partial charge < -0.3 is 5.11 Å². The van der Waals surface area contributed by atoms with E-state index in [1.165, 1.54) is 4.90 Å². The van der Waals surface area contributed by atoms with Crippen LogP contribution in [-0.4, -0.2) is 19.9 Å². The van der Waals surface area contributed by atoms with Gasteiger partial charge in [0.25, 0.3) is 0 Å². The standard InChI is InChI=1S/C15H21N3OS/c1-11(2)8-18-15(16-10-17-18)9-20-14-6-4-13(5-7-14)12(3)19/h4-7,10-12,19H,8-9H2,1-3H3. The molecule has 1 heterocycles. The summed E-state index contributed by atoms with van der Waals surface area (Å²) in [6.45, 7) is 7.02. The highest BCUT2D eigenvalue weighted by Gasteiger charge is 2.07. The van der Waals surface area contributed by atoms with Crippen molar-refractivity contribution in [2.75, 3.05) is 0 Å². The van der Waals surface area contributed by atoms with Gasteiger partial charge in [-0.2, -0.15) is 5.10 Å². The molecule has 0 aliphatic heterocycles. The third-order valence-corrected chi connectivity index (χ3v) is 3.97. The van der Waals surface area contributed by atoms with Crippen molar-refractivity contribution in [3.05, 3.63) is 42.0 Å². The molecule has 108 valence electrons. The molecule has 0 saturated carbocycles. The fourth-order valence-electron chi connectivity index (χ4n) is 1.89. The number of thioether (sulfide) groups is 1. The van der Waals surface area contributed by atoms with Gasteiger partial charge in [0.2, 0.25) is 0 Å². The van der Waals surface area contributed by atoms with Crippen LogP contribution in [0.1, 0.15) is 38.3 Å². The van der Waals surface area contributed by atoms with Gasteiger partial charge in [0.05, 0.1) is 11.9 Å². The maximum atomic E-state index is 9.49. The van der Waals surface area contributed by atoms with Crippen molar-refractivity contribution in [1.82, 2.24) is 14.8 Å². The number of nitrogens with zero attached hydrogens (tertiary/aromatic N) is 3. The van der Waals surface area contributed by atoms with E-state index in [4.69, 9.17) is 0 Å². The molecule has 1 aromatic heterocycles. The molecule has 0 fully saturated rings. The Morgan fingerprint density at radius 3 is 2.50 bits per heavy atom. The second-order valence-corrected chi connectivity index (χ2v) is 6.33. The number of aliphatic hydroxyl groups is 1. The van der Waals surface area contributed by atoms with E-state index in [1.54, 1.807) is 25.0 Å². The highest BCUT2D eigenvalue weighted by Crippen LogP contribution is 2.24. The first-order valence-electron chi connectivity index (χ1n) is 6.83. The minimum atomic E-state index is -0.414. The minimum Gasteiger partial charge on any atom is -0.389 e. The van der Waals surface area contributed by atoms with Gasteiger partial charge in [0, 0.05) is 11.4 Å². The minimum absolute atomic E-state index is 0.414. The Morgan fingerprint density at radius 2 is 1.90 bits per heavy atom. The molecular weight excluding hydrogens is 270 g/mol. The number of aliphatic hydroxyl groups excluding tert-OH is 1. The molecule has 4 nitrogen and oxygen atoms in total. The lowest BCUT2D eigenvalue weighted by molar-refractivity contribution is 0.199. The van der Waals surface area contributed by atoms with E-state index in [-0.39, 0.29) is 0 Å². The van der Waals surface area contributed by atoms with Crippen LogP contribution in [0.4, 0.5) is 0 Å². The van der Waals surface area contributed by atoms with Gasteiger partial charge in [0.15, 0.2) is 0 Å². The lowest BCUT2D eigenvalue weighted by Gasteiger charge is -2.09. The first kappa shape index (κ1) is 15.1. The number of rotatable bonds is 6. The van der Waals surface area contributed by atoms with Crippen molar-refractivity contribution in [3.8, 4) is 0 Å². The van der Waals surface area contributed by atoms with Gasteiger partial charge in [-0.1, -0.05) is 26.0 Å². The molecule has 1 N–H and O–H groups in total. The lowest BCUT2D eigenvalue weighted by atomic mass is 10.1. The van der Waals surface area contributed by atoms with Gasteiger partial charge in [-0.05, 0) is 30.5 Å². The van der Waals surface area contributed by atoms with Gasteiger partial charge >= 0.3 is 0 Å². The van der Waals surface area contributed by atoms with Gasteiger partial charge in [-0.3, -0.25) is 0 Å². The highest BCUT2D eigenvalue weighted by atomic mass is 32.2. The molecule has 1 atom stereocenters. The summed E-state index contributed by atoms with van der Waals surface area (Å²) in [5.74, 6) is 2.37. The smallest absolute Gasteiger partial charge is 0.138 e. The van der Waals surface area contributed by atoms with Crippen LogP contribution in [0.5, 0.6) is 0 Å². The predicted octanol–water partition coefficient (Wildman–Crippen LogP) is 3.28. The van der Waals surface area contributed by atoms with Gasteiger partial charge in [-0.25, -0.2) is 9.67 Å². The maximum Gasteiger partial charge on any atom is 0.138 e. The van der Waals surface area contributed by atoms with Crippen molar-refractivity contribution in [3.63, 3.8) is 0 Å². The maximum absolute atomic E-state index is 9.49. The van der Waals surface area contributed by atoms with Crippen LogP contribution in [-0.2, 0) is 12.3 Å². The summed E-state index contributed by atoms with van der Waals surface area (Å²) in [6.07, 6.45) is 1.21. The van der Waals surface area contributed by atoms with Crippen LogP contribution < -0.4 is 0 Å². The van der Waals surface area contributed by atoms with Crippen molar-refractivity contribution >= 4 is 11.8 Å². The number of hydrogen-bond acceptors (Lipinski definition) is 4. The summed E-state index contributed by atoms with van der Waals surface area (Å²) in [5, 5.41) is 13.8. The van der Waals surface area contributed by atoms with Gasteiger partial charge in [-0.15, -0.1) is 11.8 Å². The molecule has 0 saturated heterocycles. The summed E-state index contributed by atoms with van der Waals surface area (Å²) >= 11 is 1.73. The Kier molecular flexibility index (Phi) is 5.20. The molecule has 0 radical (unpaired) electrons. The topological polar surface area (TPSA) is 50.9 Å². The van der Waals surface area contributed by atoms with Crippen LogP contribution in [0, 0.1) is 5.92 Å². The van der Waals surface area contributed by atoms with E-state index in [2.05, 4.69) is 23.9 Å². The van der Waals surface area contributed by atoms with Crippen LogP contribution in [0.25, 0.3) is 0 Å². The fourth-order valence-corrected chi connectivity index (χ4v) is 2.74. The van der Waals surface area contributed by atoms with E-state index in [9.17, 15) is 5.11 Å². The van der Waals surface area contributed by atoms with Crippen LogP contribution in [0.15, 0.2) is 35.5 Å². The lowest BCUT2D eigenvalue weighted by Crippen LogP contribution is -2.09. The molecule has 0 bridgehead atoms. The number of benzene rings is 1. The molecule has 1 aromatic carbocycles. The average molecular weight is 291 g/mol. The summed E-state index contributed by atoms with van der Waals surface area (Å²) in [6, 6.07) is 8.00. The van der Waals surface area contributed by atoms with Crippen molar-refractivity contribution in [1.29, 1.82) is 0 Å². The third-order valence-electron chi connectivity index (χ3n) is 2.96. The zero-order chi connectivity index (χ0) is 14.5. The highest BCUT2D eigenvalue weighted by molar-refractivity contribution is 7.98. The molecule has 2 aromatic rings. The Bertz CT molecular complexity index is 534. The van der Waals surface area contributed by atoms with E-state index in [0.29, 0.717) is 5.92 Å². The van der Waals surface area contributed by atoms with Crippen molar-refractivity contribution < 1.29 is 5.11 Å². The first-order chi connectivity index (χ1) is 9.56. The van der Waals surface area contributed by atoms with E-state index < -0.39 is 6.10 Å². The quantitative estimate of drug-likeness (QED) is 0.830. The Morgan fingerprint density at radius 1 is 1.20 bits per heavy atom. The second-order valence-electron chi connectivity index (χ2n) is 5.29. The van der Waals surface area contributed by atoms with Crippen molar-refractivity contribution in [2.45, 2.75) is 44.1 Å². The van der Waals surface area contributed by atoms with Crippen molar-refractivity contribution in [2.24, 2.45) is 5.92 Å². The molecular formula is C15H21N3OS. The van der Waals surface area contributed by atoms with Gasteiger partial charge in [0.1, 0.15) is 12.2 Å². The predicted molar refractivity (Wildman–Crippen MR) is 81.5 cm³/mol. The Hall–Kier alpha value is -1.33. The summed E-state index contributed by atoms with van der Waals surface area (Å²) < 4.78 is 1.97. The monoisotopic (exact) mass is 291 g/mol. The first-order valence-corrected chi connectivity index (χ1v) is 7.82. The molecule has 0 aliphatic carbocycles. The SMILES string of the molecule is CC(C)Cn1ncnc1CSc1ccc(C(C)O)cc1. The van der Waals surface area contributed by atoms with E-state index in [0.717, 1.165) is 23.7 Å².